The number of carboxylic acids is 1. The van der Waals surface area contributed by atoms with Gasteiger partial charge in [-0.15, -0.1) is 0 Å². The zero-order chi connectivity index (χ0) is 20.0. The van der Waals surface area contributed by atoms with Gasteiger partial charge in [-0.3, -0.25) is 4.79 Å². The van der Waals surface area contributed by atoms with Crippen LogP contribution < -0.4 is 14.8 Å². The summed E-state index contributed by atoms with van der Waals surface area (Å²) < 4.78 is 10.2. The Morgan fingerprint density at radius 3 is 2.19 bits per heavy atom. The molecule has 0 aliphatic rings. The summed E-state index contributed by atoms with van der Waals surface area (Å²) in [7, 11) is 3.04. The predicted molar refractivity (Wildman–Crippen MR) is 103 cm³/mol. The maximum absolute atomic E-state index is 12.8. The summed E-state index contributed by atoms with van der Waals surface area (Å²) in [6.45, 7) is 1.87. The number of hydrogen-bond acceptors (Lipinski definition) is 4. The number of amides is 1. The molecule has 0 bridgehead atoms. The number of halogens is 1. The number of hydrogen-bond donors (Lipinski definition) is 2. The van der Waals surface area contributed by atoms with E-state index in [-0.39, 0.29) is 10.9 Å². The predicted octanol–water partition coefficient (Wildman–Crippen LogP) is 3.79. The molecule has 0 spiro atoms. The number of carbonyl (C=O) groups excluding carboxylic acids is 1. The van der Waals surface area contributed by atoms with Crippen LogP contribution in [0.3, 0.4) is 0 Å². The first-order valence-electron chi connectivity index (χ1n) is 8.41. The summed E-state index contributed by atoms with van der Waals surface area (Å²) in [5.41, 5.74) is 1.15. The SMILES string of the molecule is CCC(C(=O)NC(C(=O)O)c1ccc(OC)c(Cl)c1)c1ccc(OC)cc1. The molecule has 1 amide bonds. The van der Waals surface area contributed by atoms with Gasteiger partial charge in [-0.1, -0.05) is 36.7 Å². The highest BCUT2D eigenvalue weighted by atomic mass is 35.5. The molecule has 0 saturated carbocycles. The maximum Gasteiger partial charge on any atom is 0.330 e. The molecule has 0 aromatic heterocycles. The molecule has 0 radical (unpaired) electrons. The smallest absolute Gasteiger partial charge is 0.330 e. The molecule has 2 aromatic rings. The lowest BCUT2D eigenvalue weighted by Crippen LogP contribution is -2.36. The molecule has 0 fully saturated rings. The van der Waals surface area contributed by atoms with E-state index in [0.717, 1.165) is 5.56 Å². The number of benzene rings is 2. The fourth-order valence-corrected chi connectivity index (χ4v) is 3.07. The molecule has 2 atom stereocenters. The van der Waals surface area contributed by atoms with Crippen LogP contribution in [0.4, 0.5) is 0 Å². The van der Waals surface area contributed by atoms with Crippen LogP contribution in [-0.4, -0.2) is 31.2 Å². The molecule has 2 rings (SSSR count). The first-order valence-corrected chi connectivity index (χ1v) is 8.79. The summed E-state index contributed by atoms with van der Waals surface area (Å²) >= 11 is 6.09. The van der Waals surface area contributed by atoms with Crippen LogP contribution in [0.25, 0.3) is 0 Å². The first kappa shape index (κ1) is 20.6. The van der Waals surface area contributed by atoms with Crippen molar-refractivity contribution in [2.24, 2.45) is 0 Å². The summed E-state index contributed by atoms with van der Waals surface area (Å²) in [4.78, 5) is 24.5. The molecule has 2 unspecified atom stereocenters. The highest BCUT2D eigenvalue weighted by Gasteiger charge is 2.27. The Hall–Kier alpha value is -2.73. The monoisotopic (exact) mass is 391 g/mol. The molecule has 0 heterocycles. The van der Waals surface area contributed by atoms with Crippen LogP contribution in [0, 0.1) is 0 Å². The van der Waals surface area contributed by atoms with Crippen molar-refractivity contribution in [3.8, 4) is 11.5 Å². The van der Waals surface area contributed by atoms with Crippen LogP contribution >= 0.6 is 11.6 Å². The largest absolute Gasteiger partial charge is 0.497 e. The Balaban J connectivity index is 2.24. The van der Waals surface area contributed by atoms with Crippen LogP contribution in [0.2, 0.25) is 5.02 Å². The highest BCUT2D eigenvalue weighted by molar-refractivity contribution is 6.32. The van der Waals surface area contributed by atoms with Crippen LogP contribution in [0.15, 0.2) is 42.5 Å². The third-order valence-corrected chi connectivity index (χ3v) is 4.58. The van der Waals surface area contributed by atoms with E-state index < -0.39 is 17.9 Å². The summed E-state index contributed by atoms with van der Waals surface area (Å²) in [6.07, 6.45) is 0.522. The van der Waals surface area contributed by atoms with E-state index in [2.05, 4.69) is 5.32 Å². The lowest BCUT2D eigenvalue weighted by atomic mass is 9.94. The number of ether oxygens (including phenoxy) is 2. The normalized spacial score (nSPS) is 12.7. The summed E-state index contributed by atoms with van der Waals surface area (Å²) in [5.74, 6) is -0.909. The number of aliphatic carboxylic acids is 1. The molecule has 0 aliphatic heterocycles. The van der Waals surface area contributed by atoms with Gasteiger partial charge in [-0.2, -0.15) is 0 Å². The molecular weight excluding hydrogens is 370 g/mol. The van der Waals surface area contributed by atoms with Crippen molar-refractivity contribution in [1.29, 1.82) is 0 Å². The van der Waals surface area contributed by atoms with Crippen molar-refractivity contribution in [3.05, 3.63) is 58.6 Å². The van der Waals surface area contributed by atoms with Gasteiger partial charge in [0.05, 0.1) is 25.2 Å². The van der Waals surface area contributed by atoms with Gasteiger partial charge in [0.15, 0.2) is 6.04 Å². The molecule has 144 valence electrons. The van der Waals surface area contributed by atoms with Gasteiger partial charge in [0.1, 0.15) is 11.5 Å². The van der Waals surface area contributed by atoms with Crippen molar-refractivity contribution >= 4 is 23.5 Å². The second-order valence-electron chi connectivity index (χ2n) is 5.91. The van der Waals surface area contributed by atoms with E-state index in [1.165, 1.54) is 13.2 Å². The molecule has 2 N–H and O–H groups in total. The fraction of sp³-hybridized carbons (Fsp3) is 0.300. The fourth-order valence-electron chi connectivity index (χ4n) is 2.80. The van der Waals surface area contributed by atoms with Gasteiger partial charge in [-0.05, 0) is 41.8 Å². The number of methoxy groups -OCH3 is 2. The first-order chi connectivity index (χ1) is 12.9. The molecule has 2 aromatic carbocycles. The second-order valence-corrected chi connectivity index (χ2v) is 6.32. The zero-order valence-corrected chi connectivity index (χ0v) is 16.1. The van der Waals surface area contributed by atoms with E-state index >= 15 is 0 Å². The quantitative estimate of drug-likeness (QED) is 0.715. The third-order valence-electron chi connectivity index (χ3n) is 4.29. The topological polar surface area (TPSA) is 84.9 Å². The standard InChI is InChI=1S/C20H22ClNO5/c1-4-15(12-5-8-14(26-2)9-6-12)19(23)22-18(20(24)25)13-7-10-17(27-3)16(21)11-13/h5-11,15,18H,4H2,1-3H3,(H,22,23)(H,24,25). The number of rotatable bonds is 8. The Morgan fingerprint density at radius 1 is 1.07 bits per heavy atom. The van der Waals surface area contributed by atoms with E-state index in [0.29, 0.717) is 23.5 Å². The number of carbonyl (C=O) groups is 2. The van der Waals surface area contributed by atoms with Gasteiger partial charge >= 0.3 is 5.97 Å². The van der Waals surface area contributed by atoms with Gasteiger partial charge in [0.2, 0.25) is 5.91 Å². The number of carboxylic acid groups (broad SMARTS) is 1. The minimum absolute atomic E-state index is 0.276. The van der Waals surface area contributed by atoms with E-state index in [4.69, 9.17) is 21.1 Å². The van der Waals surface area contributed by atoms with Gasteiger partial charge in [-0.25, -0.2) is 4.79 Å². The minimum Gasteiger partial charge on any atom is -0.497 e. The molecule has 6 nitrogen and oxygen atoms in total. The van der Waals surface area contributed by atoms with E-state index in [9.17, 15) is 14.7 Å². The molecular formula is C20H22ClNO5. The maximum atomic E-state index is 12.8. The average Bonchev–Trinajstić information content (AvgIpc) is 2.67. The van der Waals surface area contributed by atoms with Crippen LogP contribution in [0.5, 0.6) is 11.5 Å². The number of nitrogens with one attached hydrogen (secondary N) is 1. The van der Waals surface area contributed by atoms with Gasteiger partial charge in [0.25, 0.3) is 0 Å². The highest BCUT2D eigenvalue weighted by Crippen LogP contribution is 2.29. The Labute approximate surface area is 163 Å². The third kappa shape index (κ3) is 4.92. The van der Waals surface area contributed by atoms with Crippen molar-refractivity contribution in [3.63, 3.8) is 0 Å². The Bertz CT molecular complexity index is 807. The van der Waals surface area contributed by atoms with E-state index in [1.54, 1.807) is 43.5 Å². The summed E-state index contributed by atoms with van der Waals surface area (Å²) in [5, 5.41) is 12.5. The van der Waals surface area contributed by atoms with Crippen molar-refractivity contribution in [2.75, 3.05) is 14.2 Å². The zero-order valence-electron chi connectivity index (χ0n) is 15.4. The molecule has 27 heavy (non-hydrogen) atoms. The average molecular weight is 392 g/mol. The van der Waals surface area contributed by atoms with Gasteiger partial charge < -0.3 is 19.9 Å². The van der Waals surface area contributed by atoms with Crippen molar-refractivity contribution in [2.45, 2.75) is 25.3 Å². The molecule has 7 heteroatoms. The van der Waals surface area contributed by atoms with Gasteiger partial charge in [0, 0.05) is 0 Å². The lowest BCUT2D eigenvalue weighted by molar-refractivity contribution is -0.142. The van der Waals surface area contributed by atoms with E-state index in [1.807, 2.05) is 6.92 Å². The summed E-state index contributed by atoms with van der Waals surface area (Å²) in [6, 6.07) is 10.5. The Kier molecular flexibility index (Phi) is 7.07. The van der Waals surface area contributed by atoms with Crippen molar-refractivity contribution in [1.82, 2.24) is 5.32 Å². The van der Waals surface area contributed by atoms with Crippen LogP contribution in [-0.2, 0) is 9.59 Å². The minimum atomic E-state index is -1.21. The molecule has 0 saturated heterocycles. The second kappa shape index (κ2) is 9.28. The molecule has 0 aliphatic carbocycles. The lowest BCUT2D eigenvalue weighted by Gasteiger charge is -2.20. The van der Waals surface area contributed by atoms with Crippen molar-refractivity contribution < 1.29 is 24.2 Å². The van der Waals surface area contributed by atoms with Crippen LogP contribution in [0.1, 0.15) is 36.4 Å². The Morgan fingerprint density at radius 2 is 1.70 bits per heavy atom.